The Morgan fingerprint density at radius 2 is 1.81 bits per heavy atom. The first-order chi connectivity index (χ1) is 12.3. The smallest absolute Gasteiger partial charge is 0.265 e. The molecule has 0 aliphatic heterocycles. The third-order valence-electron chi connectivity index (χ3n) is 3.56. The average Bonchev–Trinajstić information content (AvgIpc) is 3.11. The third kappa shape index (κ3) is 4.09. The molecule has 0 spiro atoms. The molecule has 0 radical (unpaired) electrons. The second-order valence-corrected chi connectivity index (χ2v) is 8.13. The van der Waals surface area contributed by atoms with E-state index < -0.39 is 15.8 Å². The van der Waals surface area contributed by atoms with Gasteiger partial charge in [-0.1, -0.05) is 18.2 Å². The Labute approximate surface area is 154 Å². The number of thiophene rings is 1. The number of carbonyl (C=O) groups excluding carboxylic acids is 1. The fourth-order valence-electron chi connectivity index (χ4n) is 2.33. The summed E-state index contributed by atoms with van der Waals surface area (Å²) in [5, 5.41) is 4.50. The second kappa shape index (κ2) is 7.27. The van der Waals surface area contributed by atoms with Crippen LogP contribution in [0.15, 0.2) is 64.9 Å². The van der Waals surface area contributed by atoms with Crippen LogP contribution < -0.4 is 10.0 Å². The number of hydrogen-bond donors (Lipinski definition) is 2. The molecule has 0 bridgehead atoms. The maximum absolute atomic E-state index is 13.4. The van der Waals surface area contributed by atoms with E-state index in [0.717, 1.165) is 6.07 Å². The number of rotatable bonds is 5. The van der Waals surface area contributed by atoms with Crippen molar-refractivity contribution in [2.45, 2.75) is 11.8 Å². The summed E-state index contributed by atoms with van der Waals surface area (Å²) in [4.78, 5) is 12.5. The molecule has 0 aliphatic carbocycles. The number of sulfonamides is 1. The van der Waals surface area contributed by atoms with E-state index in [1.807, 2.05) is 0 Å². The Morgan fingerprint density at radius 1 is 1.04 bits per heavy atom. The maximum atomic E-state index is 13.4. The fraction of sp³-hybridized carbons (Fsp3) is 0.0556. The normalized spacial score (nSPS) is 11.2. The molecule has 8 heteroatoms. The van der Waals surface area contributed by atoms with Gasteiger partial charge in [-0.3, -0.25) is 9.52 Å². The summed E-state index contributed by atoms with van der Waals surface area (Å²) >= 11 is 1.31. The molecule has 1 aromatic heterocycles. The van der Waals surface area contributed by atoms with Crippen LogP contribution in [-0.2, 0) is 10.0 Å². The maximum Gasteiger partial charge on any atom is 0.265 e. The zero-order valence-corrected chi connectivity index (χ0v) is 15.3. The van der Waals surface area contributed by atoms with E-state index in [1.54, 1.807) is 42.6 Å². The number of aryl methyl sites for hydroxylation is 1. The quantitative estimate of drug-likeness (QED) is 0.684. The molecule has 0 atom stereocenters. The zero-order chi connectivity index (χ0) is 18.7. The van der Waals surface area contributed by atoms with Gasteiger partial charge in [-0.15, -0.1) is 11.3 Å². The van der Waals surface area contributed by atoms with E-state index in [9.17, 15) is 17.6 Å². The van der Waals surface area contributed by atoms with E-state index >= 15 is 0 Å². The van der Waals surface area contributed by atoms with Gasteiger partial charge in [0.25, 0.3) is 15.9 Å². The predicted molar refractivity (Wildman–Crippen MR) is 101 cm³/mol. The fourth-order valence-corrected chi connectivity index (χ4v) is 4.26. The van der Waals surface area contributed by atoms with Crippen LogP contribution in [0.2, 0.25) is 0 Å². The Hall–Kier alpha value is -2.71. The van der Waals surface area contributed by atoms with Crippen molar-refractivity contribution in [3.8, 4) is 0 Å². The van der Waals surface area contributed by atoms with Crippen LogP contribution in [0.25, 0.3) is 0 Å². The molecule has 1 amide bonds. The topological polar surface area (TPSA) is 75.3 Å². The highest BCUT2D eigenvalue weighted by molar-refractivity contribution is 7.92. The summed E-state index contributed by atoms with van der Waals surface area (Å²) in [6, 6.07) is 13.4. The van der Waals surface area contributed by atoms with Gasteiger partial charge in [-0.05, 0) is 54.3 Å². The number of halogens is 1. The second-order valence-electron chi connectivity index (χ2n) is 5.53. The van der Waals surface area contributed by atoms with Gasteiger partial charge < -0.3 is 5.32 Å². The van der Waals surface area contributed by atoms with E-state index in [1.165, 1.54) is 29.5 Å². The molecule has 0 unspecified atom stereocenters. The lowest BCUT2D eigenvalue weighted by Crippen LogP contribution is -2.15. The highest BCUT2D eigenvalue weighted by Crippen LogP contribution is 2.23. The van der Waals surface area contributed by atoms with E-state index in [0.29, 0.717) is 16.1 Å². The molecular weight excluding hydrogens is 375 g/mol. The van der Waals surface area contributed by atoms with E-state index in [-0.39, 0.29) is 16.5 Å². The van der Waals surface area contributed by atoms with Gasteiger partial charge in [-0.2, -0.15) is 0 Å². The summed E-state index contributed by atoms with van der Waals surface area (Å²) < 4.78 is 40.9. The summed E-state index contributed by atoms with van der Waals surface area (Å²) in [6.45, 7) is 1.59. The Kier molecular flexibility index (Phi) is 5.06. The van der Waals surface area contributed by atoms with Gasteiger partial charge in [0.05, 0.1) is 15.5 Å². The first-order valence-corrected chi connectivity index (χ1v) is 9.95. The highest BCUT2D eigenvalue weighted by Gasteiger charge is 2.18. The predicted octanol–water partition coefficient (Wildman–Crippen LogP) is 4.25. The summed E-state index contributed by atoms with van der Waals surface area (Å²) in [5.41, 5.74) is 1.14. The minimum Gasteiger partial charge on any atom is -0.321 e. The molecule has 0 saturated heterocycles. The van der Waals surface area contributed by atoms with Crippen LogP contribution in [-0.4, -0.2) is 14.3 Å². The lowest BCUT2D eigenvalue weighted by molar-refractivity contribution is 0.103. The van der Waals surface area contributed by atoms with Gasteiger partial charge in [0.15, 0.2) is 0 Å². The molecule has 134 valence electrons. The number of carbonyl (C=O) groups is 1. The summed E-state index contributed by atoms with van der Waals surface area (Å²) in [6.07, 6.45) is 0. The number of nitrogens with one attached hydrogen (secondary N) is 2. The number of amides is 1. The molecule has 26 heavy (non-hydrogen) atoms. The van der Waals surface area contributed by atoms with Crippen LogP contribution in [0.5, 0.6) is 0 Å². The van der Waals surface area contributed by atoms with E-state index in [2.05, 4.69) is 10.0 Å². The molecule has 3 aromatic rings. The minimum absolute atomic E-state index is 0.134. The van der Waals surface area contributed by atoms with Crippen LogP contribution in [0.1, 0.15) is 15.2 Å². The summed E-state index contributed by atoms with van der Waals surface area (Å²) in [5.74, 6) is -0.908. The van der Waals surface area contributed by atoms with Gasteiger partial charge in [0.1, 0.15) is 5.82 Å². The lowest BCUT2D eigenvalue weighted by Gasteiger charge is -2.12. The van der Waals surface area contributed by atoms with Crippen molar-refractivity contribution >= 4 is 38.6 Å². The zero-order valence-electron chi connectivity index (χ0n) is 13.7. The SMILES string of the molecule is Cc1ccc(F)cc1S(=O)(=O)Nc1cccc(NC(=O)c2cccs2)c1. The van der Waals surface area contributed by atoms with Crippen molar-refractivity contribution in [2.75, 3.05) is 10.0 Å². The Balaban J connectivity index is 1.82. The van der Waals surface area contributed by atoms with Gasteiger partial charge >= 0.3 is 0 Å². The highest BCUT2D eigenvalue weighted by atomic mass is 32.2. The molecule has 2 aromatic carbocycles. The number of hydrogen-bond acceptors (Lipinski definition) is 4. The lowest BCUT2D eigenvalue weighted by atomic mass is 10.2. The first-order valence-electron chi connectivity index (χ1n) is 7.59. The average molecular weight is 390 g/mol. The largest absolute Gasteiger partial charge is 0.321 e. The molecule has 0 saturated carbocycles. The number of anilines is 2. The standard InChI is InChI=1S/C18H15FN2O3S2/c1-12-7-8-13(19)10-17(12)26(23,24)21-15-5-2-4-14(11-15)20-18(22)16-6-3-9-25-16/h2-11,21H,1H3,(H,20,22). The van der Waals surface area contributed by atoms with Crippen molar-refractivity contribution < 1.29 is 17.6 Å². The van der Waals surface area contributed by atoms with Gasteiger partial charge in [0.2, 0.25) is 0 Å². The van der Waals surface area contributed by atoms with Gasteiger partial charge in [-0.25, -0.2) is 12.8 Å². The monoisotopic (exact) mass is 390 g/mol. The molecule has 3 rings (SSSR count). The van der Waals surface area contributed by atoms with Crippen LogP contribution in [0.3, 0.4) is 0 Å². The molecule has 0 aliphatic rings. The van der Waals surface area contributed by atoms with Crippen LogP contribution >= 0.6 is 11.3 Å². The van der Waals surface area contributed by atoms with Crippen molar-refractivity contribution in [3.05, 3.63) is 76.2 Å². The van der Waals surface area contributed by atoms with Crippen molar-refractivity contribution in [3.63, 3.8) is 0 Å². The molecule has 0 fully saturated rings. The van der Waals surface area contributed by atoms with E-state index in [4.69, 9.17) is 0 Å². The Bertz CT molecular complexity index is 1050. The molecule has 1 heterocycles. The molecular formula is C18H15FN2O3S2. The molecule has 2 N–H and O–H groups in total. The Morgan fingerprint density at radius 3 is 2.54 bits per heavy atom. The minimum atomic E-state index is -3.96. The van der Waals surface area contributed by atoms with Crippen LogP contribution in [0, 0.1) is 12.7 Å². The third-order valence-corrected chi connectivity index (χ3v) is 5.95. The van der Waals surface area contributed by atoms with Crippen LogP contribution in [0.4, 0.5) is 15.8 Å². The van der Waals surface area contributed by atoms with Crippen molar-refractivity contribution in [1.29, 1.82) is 0 Å². The van der Waals surface area contributed by atoms with Crippen molar-refractivity contribution in [2.24, 2.45) is 0 Å². The first kappa shape index (κ1) is 18.1. The molecule has 5 nitrogen and oxygen atoms in total. The van der Waals surface area contributed by atoms with Crippen molar-refractivity contribution in [1.82, 2.24) is 0 Å². The van der Waals surface area contributed by atoms with Gasteiger partial charge in [0, 0.05) is 5.69 Å². The summed E-state index contributed by atoms with van der Waals surface area (Å²) in [7, 11) is -3.96. The number of benzene rings is 2.